The summed E-state index contributed by atoms with van der Waals surface area (Å²) in [6, 6.07) is 6.30. The van der Waals surface area contributed by atoms with Crippen LogP contribution in [0, 0.1) is 13.8 Å². The van der Waals surface area contributed by atoms with Gasteiger partial charge in [-0.25, -0.2) is 4.79 Å². The number of thiophene rings is 1. The summed E-state index contributed by atoms with van der Waals surface area (Å²) in [6.45, 7) is 3.78. The smallest absolute Gasteiger partial charge is 0.337 e. The number of ether oxygens (including phenoxy) is 1. The van der Waals surface area contributed by atoms with Crippen LogP contribution in [-0.4, -0.2) is 24.1 Å². The molecule has 0 aliphatic heterocycles. The molecule has 0 saturated heterocycles. The number of anilines is 1. The summed E-state index contributed by atoms with van der Waals surface area (Å²) >= 11 is 1.53. The van der Waals surface area contributed by atoms with Crippen molar-refractivity contribution in [3.05, 3.63) is 45.1 Å². The van der Waals surface area contributed by atoms with E-state index in [1.54, 1.807) is 12.1 Å². The lowest BCUT2D eigenvalue weighted by molar-refractivity contribution is 0.0697. The van der Waals surface area contributed by atoms with Crippen LogP contribution in [0.15, 0.2) is 24.3 Å². The highest BCUT2D eigenvalue weighted by atomic mass is 32.1. The molecule has 1 aromatic heterocycles. The minimum absolute atomic E-state index is 0.00713. The number of methoxy groups -OCH3 is 1. The number of rotatable bonds is 4. The molecule has 21 heavy (non-hydrogen) atoms. The van der Waals surface area contributed by atoms with Crippen LogP contribution >= 0.6 is 11.3 Å². The number of carboxylic acid groups (broad SMARTS) is 1. The van der Waals surface area contributed by atoms with Gasteiger partial charge in [-0.2, -0.15) is 0 Å². The molecule has 0 fully saturated rings. The average Bonchev–Trinajstić information content (AvgIpc) is 2.78. The van der Waals surface area contributed by atoms with E-state index in [4.69, 9.17) is 4.74 Å². The molecule has 1 aromatic carbocycles. The zero-order valence-electron chi connectivity index (χ0n) is 11.9. The van der Waals surface area contributed by atoms with Crippen LogP contribution in [0.5, 0.6) is 5.75 Å². The standard InChI is InChI=1S/C15H15NO4S/c1-8-6-11(9(2)21-8)14(17)16-13-5-4-10(20-3)7-12(13)15(18)19/h4-7H,1-3H3,(H,16,17)(H,18,19). The van der Waals surface area contributed by atoms with E-state index in [1.807, 2.05) is 13.8 Å². The molecule has 0 saturated carbocycles. The Kier molecular flexibility index (Phi) is 4.28. The van der Waals surface area contributed by atoms with E-state index in [1.165, 1.54) is 30.6 Å². The molecule has 0 aliphatic rings. The fraction of sp³-hybridized carbons (Fsp3) is 0.200. The van der Waals surface area contributed by atoms with E-state index < -0.39 is 5.97 Å². The van der Waals surface area contributed by atoms with Crippen molar-refractivity contribution in [2.45, 2.75) is 13.8 Å². The molecule has 2 N–H and O–H groups in total. The van der Waals surface area contributed by atoms with E-state index in [-0.39, 0.29) is 17.2 Å². The van der Waals surface area contributed by atoms with Gasteiger partial charge in [-0.05, 0) is 38.1 Å². The number of nitrogens with one attached hydrogen (secondary N) is 1. The Hall–Kier alpha value is -2.34. The maximum atomic E-state index is 12.2. The summed E-state index contributed by atoms with van der Waals surface area (Å²) in [5, 5.41) is 11.9. The SMILES string of the molecule is COc1ccc(NC(=O)c2cc(C)sc2C)c(C(=O)O)c1. The van der Waals surface area contributed by atoms with Gasteiger partial charge >= 0.3 is 5.97 Å². The molecule has 2 aromatic rings. The number of carboxylic acids is 1. The van der Waals surface area contributed by atoms with Crippen molar-refractivity contribution >= 4 is 28.9 Å². The van der Waals surface area contributed by atoms with Crippen LogP contribution in [0.3, 0.4) is 0 Å². The Bertz CT molecular complexity index is 706. The van der Waals surface area contributed by atoms with Gasteiger partial charge in [-0.15, -0.1) is 11.3 Å². The lowest BCUT2D eigenvalue weighted by Gasteiger charge is -2.10. The number of benzene rings is 1. The largest absolute Gasteiger partial charge is 0.497 e. The van der Waals surface area contributed by atoms with Crippen molar-refractivity contribution in [2.24, 2.45) is 0 Å². The van der Waals surface area contributed by atoms with Crippen LogP contribution in [0.1, 0.15) is 30.5 Å². The predicted molar refractivity (Wildman–Crippen MR) is 81.7 cm³/mol. The summed E-state index contributed by atoms with van der Waals surface area (Å²) in [6.07, 6.45) is 0. The normalized spacial score (nSPS) is 10.2. The summed E-state index contributed by atoms with van der Waals surface area (Å²) in [4.78, 5) is 25.5. The minimum Gasteiger partial charge on any atom is -0.497 e. The Morgan fingerprint density at radius 3 is 2.43 bits per heavy atom. The van der Waals surface area contributed by atoms with Gasteiger partial charge in [0.1, 0.15) is 5.75 Å². The van der Waals surface area contributed by atoms with Crippen molar-refractivity contribution in [3.8, 4) is 5.75 Å². The zero-order chi connectivity index (χ0) is 15.6. The molecule has 1 amide bonds. The van der Waals surface area contributed by atoms with Crippen LogP contribution in [0.25, 0.3) is 0 Å². The molecule has 110 valence electrons. The van der Waals surface area contributed by atoms with Gasteiger partial charge in [-0.1, -0.05) is 0 Å². The monoisotopic (exact) mass is 305 g/mol. The van der Waals surface area contributed by atoms with Crippen molar-refractivity contribution < 1.29 is 19.4 Å². The molecular formula is C15H15NO4S. The number of carbonyl (C=O) groups excluding carboxylic acids is 1. The summed E-state index contributed by atoms with van der Waals surface area (Å²) < 4.78 is 5.00. The molecule has 1 heterocycles. The first-order valence-corrected chi connectivity index (χ1v) is 7.03. The van der Waals surface area contributed by atoms with Crippen molar-refractivity contribution in [1.29, 1.82) is 0 Å². The summed E-state index contributed by atoms with van der Waals surface area (Å²) in [5.74, 6) is -1.01. The minimum atomic E-state index is -1.12. The first-order chi connectivity index (χ1) is 9.92. The summed E-state index contributed by atoms with van der Waals surface area (Å²) in [5.41, 5.74) is 0.800. The number of carbonyl (C=O) groups is 2. The molecule has 0 radical (unpaired) electrons. The quantitative estimate of drug-likeness (QED) is 0.908. The highest BCUT2D eigenvalue weighted by Crippen LogP contribution is 2.25. The van der Waals surface area contributed by atoms with Crippen LogP contribution in [0.2, 0.25) is 0 Å². The number of amides is 1. The lowest BCUT2D eigenvalue weighted by atomic mass is 10.1. The molecule has 0 spiro atoms. The third-order valence-electron chi connectivity index (χ3n) is 2.99. The predicted octanol–water partition coefficient (Wildman–Crippen LogP) is 3.32. The van der Waals surface area contributed by atoms with Gasteiger partial charge in [0, 0.05) is 9.75 Å². The molecular weight excluding hydrogens is 290 g/mol. The average molecular weight is 305 g/mol. The van der Waals surface area contributed by atoms with Gasteiger partial charge < -0.3 is 15.2 Å². The van der Waals surface area contributed by atoms with E-state index >= 15 is 0 Å². The van der Waals surface area contributed by atoms with Gasteiger partial charge in [0.2, 0.25) is 0 Å². The fourth-order valence-electron chi connectivity index (χ4n) is 1.98. The first-order valence-electron chi connectivity index (χ1n) is 6.22. The van der Waals surface area contributed by atoms with E-state index in [0.29, 0.717) is 11.3 Å². The first kappa shape index (κ1) is 15.1. The fourth-order valence-corrected chi connectivity index (χ4v) is 2.90. The second kappa shape index (κ2) is 5.97. The maximum Gasteiger partial charge on any atom is 0.337 e. The van der Waals surface area contributed by atoms with Gasteiger partial charge in [0.15, 0.2) is 0 Å². The number of aryl methyl sites for hydroxylation is 2. The van der Waals surface area contributed by atoms with Crippen LogP contribution in [-0.2, 0) is 0 Å². The number of hydrogen-bond acceptors (Lipinski definition) is 4. The molecule has 0 bridgehead atoms. The molecule has 0 unspecified atom stereocenters. The van der Waals surface area contributed by atoms with Crippen molar-refractivity contribution in [2.75, 3.05) is 12.4 Å². The molecule has 2 rings (SSSR count). The molecule has 0 aliphatic carbocycles. The third-order valence-corrected chi connectivity index (χ3v) is 3.96. The molecule has 5 nitrogen and oxygen atoms in total. The Labute approximate surface area is 126 Å². The molecule has 0 atom stereocenters. The van der Waals surface area contributed by atoms with Gasteiger partial charge in [-0.3, -0.25) is 4.79 Å². The Morgan fingerprint density at radius 1 is 1.19 bits per heavy atom. The van der Waals surface area contributed by atoms with Gasteiger partial charge in [0.25, 0.3) is 5.91 Å². The zero-order valence-corrected chi connectivity index (χ0v) is 12.7. The van der Waals surface area contributed by atoms with Crippen LogP contribution in [0.4, 0.5) is 5.69 Å². The Balaban J connectivity index is 2.33. The van der Waals surface area contributed by atoms with Gasteiger partial charge in [0.05, 0.1) is 23.9 Å². The lowest BCUT2D eigenvalue weighted by Crippen LogP contribution is -2.15. The van der Waals surface area contributed by atoms with Crippen molar-refractivity contribution in [1.82, 2.24) is 0 Å². The highest BCUT2D eigenvalue weighted by molar-refractivity contribution is 7.12. The third kappa shape index (κ3) is 3.22. The van der Waals surface area contributed by atoms with E-state index in [9.17, 15) is 14.7 Å². The van der Waals surface area contributed by atoms with E-state index in [2.05, 4.69) is 5.32 Å². The number of aromatic carboxylic acids is 1. The number of hydrogen-bond donors (Lipinski definition) is 2. The van der Waals surface area contributed by atoms with Crippen molar-refractivity contribution in [3.63, 3.8) is 0 Å². The Morgan fingerprint density at radius 2 is 1.90 bits per heavy atom. The second-order valence-electron chi connectivity index (χ2n) is 4.50. The second-order valence-corrected chi connectivity index (χ2v) is 5.96. The molecule has 6 heteroatoms. The van der Waals surface area contributed by atoms with Crippen LogP contribution < -0.4 is 10.1 Å². The highest BCUT2D eigenvalue weighted by Gasteiger charge is 2.17. The topological polar surface area (TPSA) is 75.6 Å². The van der Waals surface area contributed by atoms with E-state index in [0.717, 1.165) is 9.75 Å². The summed E-state index contributed by atoms with van der Waals surface area (Å²) in [7, 11) is 1.46. The maximum absolute atomic E-state index is 12.2.